The maximum absolute atomic E-state index is 13.1. The molecule has 1 N–H and O–H groups in total. The van der Waals surface area contributed by atoms with E-state index < -0.39 is 5.60 Å². The molecule has 2 aromatic carbocycles. The molecule has 6 heteroatoms. The Morgan fingerprint density at radius 3 is 2.29 bits per heavy atom. The molecule has 0 bridgehead atoms. The van der Waals surface area contributed by atoms with Gasteiger partial charge in [-0.05, 0) is 80.7 Å². The number of nitrogens with one attached hydrogen (secondary N) is 1. The quantitative estimate of drug-likeness (QED) is 0.698. The van der Waals surface area contributed by atoms with Crippen molar-refractivity contribution >= 4 is 17.5 Å². The molecule has 0 radical (unpaired) electrons. The van der Waals surface area contributed by atoms with Gasteiger partial charge < -0.3 is 9.80 Å². The fourth-order valence-corrected chi connectivity index (χ4v) is 5.42. The highest BCUT2D eigenvalue weighted by molar-refractivity contribution is 5.95. The number of benzene rings is 2. The van der Waals surface area contributed by atoms with Crippen molar-refractivity contribution in [1.29, 1.82) is 0 Å². The maximum atomic E-state index is 13.1. The Morgan fingerprint density at radius 1 is 0.914 bits per heavy atom. The number of hydrogen-bond donors (Lipinski definition) is 1. The number of amides is 2. The molecule has 35 heavy (non-hydrogen) atoms. The van der Waals surface area contributed by atoms with Gasteiger partial charge in [0, 0.05) is 31.7 Å². The lowest BCUT2D eigenvalue weighted by atomic mass is 9.90. The van der Waals surface area contributed by atoms with Crippen molar-refractivity contribution in [2.45, 2.75) is 51.0 Å². The summed E-state index contributed by atoms with van der Waals surface area (Å²) in [6, 6.07) is 18.2. The fourth-order valence-electron chi connectivity index (χ4n) is 5.42. The molecule has 0 aromatic heterocycles. The minimum absolute atomic E-state index is 0.00200. The van der Waals surface area contributed by atoms with Gasteiger partial charge in [-0.1, -0.05) is 42.5 Å². The van der Waals surface area contributed by atoms with Gasteiger partial charge >= 0.3 is 0 Å². The zero-order valence-electron chi connectivity index (χ0n) is 20.5. The fraction of sp³-hybridized carbons (Fsp3) is 0.448. The highest BCUT2D eigenvalue weighted by atomic mass is 16.7. The third kappa shape index (κ3) is 5.27. The molecule has 3 aliphatic heterocycles. The van der Waals surface area contributed by atoms with E-state index in [9.17, 15) is 9.59 Å². The first-order valence-corrected chi connectivity index (χ1v) is 12.9. The van der Waals surface area contributed by atoms with Crippen molar-refractivity contribution in [2.75, 3.05) is 26.2 Å². The summed E-state index contributed by atoms with van der Waals surface area (Å²) in [7, 11) is 0. The van der Waals surface area contributed by atoms with Crippen LogP contribution in [0.5, 0.6) is 0 Å². The van der Waals surface area contributed by atoms with E-state index in [0.717, 1.165) is 69.5 Å². The van der Waals surface area contributed by atoms with E-state index >= 15 is 0 Å². The number of hydroxylamine groups is 1. The zero-order valence-corrected chi connectivity index (χ0v) is 20.5. The summed E-state index contributed by atoms with van der Waals surface area (Å²) in [5, 5.41) is 0. The Kier molecular flexibility index (Phi) is 6.91. The van der Waals surface area contributed by atoms with Gasteiger partial charge in [-0.25, -0.2) is 0 Å². The second-order valence-electron chi connectivity index (χ2n) is 10.2. The van der Waals surface area contributed by atoms with Crippen LogP contribution in [-0.2, 0) is 16.1 Å². The van der Waals surface area contributed by atoms with Gasteiger partial charge in [0.25, 0.3) is 11.8 Å². The van der Waals surface area contributed by atoms with Crippen LogP contribution in [-0.4, -0.2) is 53.4 Å². The molecule has 184 valence electrons. The van der Waals surface area contributed by atoms with Crippen LogP contribution >= 0.6 is 0 Å². The first-order valence-electron chi connectivity index (χ1n) is 12.9. The lowest BCUT2D eigenvalue weighted by molar-refractivity contribution is -0.153. The Labute approximate surface area is 207 Å². The second-order valence-corrected chi connectivity index (χ2v) is 10.2. The molecule has 2 amide bonds. The van der Waals surface area contributed by atoms with Crippen molar-refractivity contribution in [2.24, 2.45) is 5.92 Å². The molecule has 2 saturated heterocycles. The number of carbonyl (C=O) groups excluding carboxylic acids is 2. The molecule has 6 nitrogen and oxygen atoms in total. The van der Waals surface area contributed by atoms with E-state index in [2.05, 4.69) is 35.8 Å². The summed E-state index contributed by atoms with van der Waals surface area (Å²) >= 11 is 0. The number of likely N-dealkylation sites (tertiary alicyclic amines) is 2. The van der Waals surface area contributed by atoms with Crippen molar-refractivity contribution in [3.05, 3.63) is 77.4 Å². The minimum Gasteiger partial charge on any atom is -0.340 e. The van der Waals surface area contributed by atoms with Gasteiger partial charge in [-0.2, -0.15) is 0 Å². The molecule has 1 atom stereocenters. The Bertz CT molecular complexity index is 1070. The van der Waals surface area contributed by atoms with Gasteiger partial charge in [0.2, 0.25) is 0 Å². The number of rotatable bonds is 5. The van der Waals surface area contributed by atoms with Crippen LogP contribution in [0.2, 0.25) is 0 Å². The standard InChI is InChI=1S/C29H35N3O3/c1-29(28(34)32-16-6-3-7-17-32)21-26(30-35-29)24-10-12-25(13-11-24)27(33)31-18-14-23(15-19-31)20-22-8-4-2-5-9-22/h2,4-5,8-13,21,23,30H,3,6-7,14-20H2,1H3. The largest absolute Gasteiger partial charge is 0.340 e. The maximum Gasteiger partial charge on any atom is 0.261 e. The molecular formula is C29H35N3O3. The van der Waals surface area contributed by atoms with Crippen molar-refractivity contribution in [3.8, 4) is 0 Å². The van der Waals surface area contributed by atoms with Crippen LogP contribution in [0.1, 0.15) is 60.5 Å². The van der Waals surface area contributed by atoms with Gasteiger partial charge in [-0.3, -0.25) is 19.9 Å². The van der Waals surface area contributed by atoms with Gasteiger partial charge in [-0.15, -0.1) is 0 Å². The predicted molar refractivity (Wildman–Crippen MR) is 136 cm³/mol. The summed E-state index contributed by atoms with van der Waals surface area (Å²) in [4.78, 5) is 35.7. The topological polar surface area (TPSA) is 61.9 Å². The van der Waals surface area contributed by atoms with Gasteiger partial charge in [0.1, 0.15) is 0 Å². The molecule has 1 unspecified atom stereocenters. The normalized spacial score (nSPS) is 23.1. The van der Waals surface area contributed by atoms with E-state index in [1.807, 2.05) is 47.1 Å². The minimum atomic E-state index is -1.01. The average Bonchev–Trinajstić information content (AvgIpc) is 3.33. The molecule has 0 spiro atoms. The average molecular weight is 474 g/mol. The van der Waals surface area contributed by atoms with Crippen LogP contribution < -0.4 is 5.48 Å². The summed E-state index contributed by atoms with van der Waals surface area (Å²) in [5.74, 6) is 0.720. The number of hydrogen-bond acceptors (Lipinski definition) is 4. The first kappa shape index (κ1) is 23.6. The highest BCUT2D eigenvalue weighted by Crippen LogP contribution is 2.29. The molecule has 2 aromatic rings. The van der Waals surface area contributed by atoms with E-state index in [0.29, 0.717) is 11.5 Å². The van der Waals surface area contributed by atoms with Crippen molar-refractivity contribution in [1.82, 2.24) is 15.3 Å². The smallest absolute Gasteiger partial charge is 0.261 e. The molecule has 0 saturated carbocycles. The van der Waals surface area contributed by atoms with Gasteiger partial charge in [0.15, 0.2) is 5.60 Å². The monoisotopic (exact) mass is 473 g/mol. The third-order valence-electron chi connectivity index (χ3n) is 7.57. The SMILES string of the molecule is CC1(C(=O)N2CCCCC2)C=C(c2ccc(C(=O)N3CCC(Cc4ccccc4)CC3)cc2)NO1. The lowest BCUT2D eigenvalue weighted by Crippen LogP contribution is -2.49. The molecule has 0 aliphatic carbocycles. The first-order chi connectivity index (χ1) is 17.0. The number of piperidine rings is 2. The highest BCUT2D eigenvalue weighted by Gasteiger charge is 2.41. The Hall–Kier alpha value is -3.12. The second kappa shape index (κ2) is 10.2. The lowest BCUT2D eigenvalue weighted by Gasteiger charge is -2.32. The van der Waals surface area contributed by atoms with Crippen LogP contribution in [0.25, 0.3) is 5.70 Å². The van der Waals surface area contributed by atoms with Crippen LogP contribution in [0.4, 0.5) is 0 Å². The molecule has 3 aliphatic rings. The van der Waals surface area contributed by atoms with E-state index in [-0.39, 0.29) is 11.8 Å². The van der Waals surface area contributed by atoms with Crippen LogP contribution in [0.3, 0.4) is 0 Å². The molecule has 5 rings (SSSR count). The molecule has 3 heterocycles. The zero-order chi connectivity index (χ0) is 24.3. The summed E-state index contributed by atoms with van der Waals surface area (Å²) in [5.41, 5.74) is 5.67. The van der Waals surface area contributed by atoms with E-state index in [4.69, 9.17) is 4.84 Å². The van der Waals surface area contributed by atoms with E-state index in [1.165, 1.54) is 12.0 Å². The third-order valence-corrected chi connectivity index (χ3v) is 7.57. The molecule has 2 fully saturated rings. The van der Waals surface area contributed by atoms with Crippen molar-refractivity contribution in [3.63, 3.8) is 0 Å². The summed E-state index contributed by atoms with van der Waals surface area (Å²) in [6.45, 7) is 5.00. The Balaban J connectivity index is 1.18. The van der Waals surface area contributed by atoms with Crippen LogP contribution in [0, 0.1) is 5.92 Å². The van der Waals surface area contributed by atoms with Crippen molar-refractivity contribution < 1.29 is 14.4 Å². The molecular weight excluding hydrogens is 438 g/mol. The Morgan fingerprint density at radius 2 is 1.60 bits per heavy atom. The van der Waals surface area contributed by atoms with Crippen LogP contribution in [0.15, 0.2) is 60.7 Å². The van der Waals surface area contributed by atoms with E-state index in [1.54, 1.807) is 0 Å². The number of nitrogens with zero attached hydrogens (tertiary/aromatic N) is 2. The predicted octanol–water partition coefficient (Wildman–Crippen LogP) is 4.43. The van der Waals surface area contributed by atoms with Gasteiger partial charge in [0.05, 0.1) is 5.70 Å². The summed E-state index contributed by atoms with van der Waals surface area (Å²) in [6.07, 6.45) is 8.29. The summed E-state index contributed by atoms with van der Waals surface area (Å²) < 4.78 is 0. The number of carbonyl (C=O) groups is 2.